The molecule has 0 aliphatic heterocycles. The van der Waals surface area contributed by atoms with Crippen molar-refractivity contribution in [1.82, 2.24) is 14.8 Å². The van der Waals surface area contributed by atoms with Crippen LogP contribution < -0.4 is 5.32 Å². The highest BCUT2D eigenvalue weighted by Gasteiger charge is 2.21. The average molecular weight is 435 g/mol. The smallest absolute Gasteiger partial charge is 0.234 e. The van der Waals surface area contributed by atoms with Crippen molar-refractivity contribution in [3.05, 3.63) is 60.4 Å². The van der Waals surface area contributed by atoms with Crippen molar-refractivity contribution in [2.75, 3.05) is 11.1 Å². The van der Waals surface area contributed by atoms with E-state index in [2.05, 4.69) is 30.3 Å². The van der Waals surface area contributed by atoms with Gasteiger partial charge in [0.05, 0.1) is 17.1 Å². The molecule has 0 unspecified atom stereocenters. The maximum Gasteiger partial charge on any atom is 0.234 e. The fourth-order valence-corrected chi connectivity index (χ4v) is 4.61. The minimum atomic E-state index is -0.0699. The molecule has 1 saturated carbocycles. The zero-order chi connectivity index (χ0) is 21.5. The number of carbonyl (C=O) groups is 1. The van der Waals surface area contributed by atoms with E-state index >= 15 is 0 Å². The lowest BCUT2D eigenvalue weighted by Crippen LogP contribution is -2.17. The van der Waals surface area contributed by atoms with Gasteiger partial charge in [0.25, 0.3) is 0 Å². The van der Waals surface area contributed by atoms with Crippen molar-refractivity contribution in [3.63, 3.8) is 0 Å². The first-order valence-corrected chi connectivity index (χ1v) is 11.6. The van der Waals surface area contributed by atoms with Crippen LogP contribution in [0, 0.1) is 6.92 Å². The van der Waals surface area contributed by atoms with E-state index in [0.29, 0.717) is 11.8 Å². The summed E-state index contributed by atoms with van der Waals surface area (Å²) >= 11 is 1.44. The number of carbonyl (C=O) groups excluding carboxylic acids is 1. The van der Waals surface area contributed by atoms with Gasteiger partial charge in [-0.05, 0) is 56.2 Å². The van der Waals surface area contributed by atoms with Gasteiger partial charge in [0.1, 0.15) is 5.82 Å². The summed E-state index contributed by atoms with van der Waals surface area (Å²) in [6, 6.07) is 17.3. The summed E-state index contributed by atoms with van der Waals surface area (Å²) in [6.07, 6.45) is 6.11. The van der Waals surface area contributed by atoms with Crippen LogP contribution in [-0.4, -0.2) is 26.4 Å². The number of amides is 1. The molecular formula is C23H26N6OS. The monoisotopic (exact) mass is 434 g/mol. The summed E-state index contributed by atoms with van der Waals surface area (Å²) in [5, 5.41) is 20.7. The number of rotatable bonds is 7. The molecule has 0 radical (unpaired) electrons. The predicted octanol–water partition coefficient (Wildman–Crippen LogP) is 6.24. The number of azo groups is 1. The second-order valence-corrected chi connectivity index (χ2v) is 8.55. The lowest BCUT2D eigenvalue weighted by Gasteiger charge is -2.24. The van der Waals surface area contributed by atoms with Crippen LogP contribution in [0.5, 0.6) is 0 Å². The van der Waals surface area contributed by atoms with E-state index in [4.69, 9.17) is 0 Å². The second-order valence-electron chi connectivity index (χ2n) is 7.61. The molecule has 1 N–H and O–H groups in total. The van der Waals surface area contributed by atoms with E-state index < -0.39 is 0 Å². The molecule has 7 nitrogen and oxygen atoms in total. The summed E-state index contributed by atoms with van der Waals surface area (Å²) in [6.45, 7) is 1.99. The van der Waals surface area contributed by atoms with Crippen LogP contribution in [0.4, 0.5) is 17.1 Å². The van der Waals surface area contributed by atoms with Crippen LogP contribution in [0.2, 0.25) is 0 Å². The van der Waals surface area contributed by atoms with E-state index in [1.54, 1.807) is 0 Å². The Hall–Kier alpha value is -3.00. The van der Waals surface area contributed by atoms with E-state index in [1.165, 1.54) is 31.0 Å². The first-order chi connectivity index (χ1) is 15.2. The molecule has 160 valence electrons. The number of nitrogens with one attached hydrogen (secondary N) is 1. The van der Waals surface area contributed by atoms with Gasteiger partial charge in [0, 0.05) is 11.7 Å². The molecule has 0 saturated heterocycles. The van der Waals surface area contributed by atoms with Gasteiger partial charge in [0.2, 0.25) is 5.91 Å². The van der Waals surface area contributed by atoms with Crippen LogP contribution in [0.25, 0.3) is 0 Å². The molecule has 1 aliphatic carbocycles. The SMILES string of the molecule is Cc1nnc(SCC(=O)Nc2ccc(N=Nc3ccccc3)cc2)n1C1CCCCC1. The molecule has 4 rings (SSSR count). The number of anilines is 1. The molecule has 3 aromatic rings. The Kier molecular flexibility index (Phi) is 7.09. The highest BCUT2D eigenvalue weighted by atomic mass is 32.2. The zero-order valence-corrected chi connectivity index (χ0v) is 18.4. The van der Waals surface area contributed by atoms with Crippen molar-refractivity contribution >= 4 is 34.7 Å². The van der Waals surface area contributed by atoms with Crippen molar-refractivity contribution in [2.24, 2.45) is 10.2 Å². The maximum absolute atomic E-state index is 12.4. The molecule has 0 spiro atoms. The lowest BCUT2D eigenvalue weighted by molar-refractivity contribution is -0.113. The fourth-order valence-electron chi connectivity index (χ4n) is 3.76. The van der Waals surface area contributed by atoms with Gasteiger partial charge >= 0.3 is 0 Å². The number of aryl methyl sites for hydroxylation is 1. The van der Waals surface area contributed by atoms with Crippen molar-refractivity contribution in [1.29, 1.82) is 0 Å². The molecular weight excluding hydrogens is 408 g/mol. The summed E-state index contributed by atoms with van der Waals surface area (Å²) < 4.78 is 2.21. The molecule has 2 aromatic carbocycles. The Morgan fingerprint density at radius 3 is 2.39 bits per heavy atom. The molecule has 1 amide bonds. The van der Waals surface area contributed by atoms with Gasteiger partial charge in [-0.1, -0.05) is 49.2 Å². The molecule has 1 aliphatic rings. The quantitative estimate of drug-likeness (QED) is 0.352. The van der Waals surface area contributed by atoms with E-state index in [1.807, 2.05) is 61.5 Å². The van der Waals surface area contributed by atoms with Crippen molar-refractivity contribution in [3.8, 4) is 0 Å². The van der Waals surface area contributed by atoms with Crippen LogP contribution >= 0.6 is 11.8 Å². The summed E-state index contributed by atoms with van der Waals surface area (Å²) in [5.74, 6) is 1.15. The third kappa shape index (κ3) is 5.79. The number of benzene rings is 2. The number of nitrogens with zero attached hydrogens (tertiary/aromatic N) is 5. The first kappa shape index (κ1) is 21.2. The number of aromatic nitrogens is 3. The minimum Gasteiger partial charge on any atom is -0.325 e. The third-order valence-electron chi connectivity index (χ3n) is 5.30. The maximum atomic E-state index is 12.4. The van der Waals surface area contributed by atoms with Crippen LogP contribution in [0.1, 0.15) is 44.0 Å². The Labute approximate surface area is 186 Å². The molecule has 1 aromatic heterocycles. The Bertz CT molecular complexity index is 1030. The molecule has 1 heterocycles. The third-order valence-corrected chi connectivity index (χ3v) is 6.24. The second kappa shape index (κ2) is 10.3. The van der Waals surface area contributed by atoms with Crippen molar-refractivity contribution in [2.45, 2.75) is 50.2 Å². The van der Waals surface area contributed by atoms with Gasteiger partial charge in [-0.15, -0.1) is 10.2 Å². The standard InChI is InChI=1S/C23H26N6OS/c1-17-25-28-23(29(17)21-10-6-3-7-11-21)31-16-22(30)24-18-12-14-20(15-13-18)27-26-19-8-4-2-5-9-19/h2,4-5,8-9,12-15,21H,3,6-7,10-11,16H2,1H3,(H,24,30). The molecule has 0 atom stereocenters. The largest absolute Gasteiger partial charge is 0.325 e. The first-order valence-electron chi connectivity index (χ1n) is 10.6. The summed E-state index contributed by atoms with van der Waals surface area (Å²) in [4.78, 5) is 12.4. The Morgan fingerprint density at radius 2 is 1.68 bits per heavy atom. The van der Waals surface area contributed by atoms with Gasteiger partial charge in [-0.2, -0.15) is 10.2 Å². The topological polar surface area (TPSA) is 84.5 Å². The van der Waals surface area contributed by atoms with E-state index in [-0.39, 0.29) is 5.91 Å². The molecule has 1 fully saturated rings. The normalized spacial score (nSPS) is 14.7. The number of hydrogen-bond acceptors (Lipinski definition) is 6. The Balaban J connectivity index is 1.31. The fraction of sp³-hybridized carbons (Fsp3) is 0.348. The van der Waals surface area contributed by atoms with E-state index in [0.717, 1.165) is 40.9 Å². The van der Waals surface area contributed by atoms with Gasteiger partial charge in [-0.3, -0.25) is 4.79 Å². The zero-order valence-electron chi connectivity index (χ0n) is 17.6. The highest BCUT2D eigenvalue weighted by molar-refractivity contribution is 7.99. The predicted molar refractivity (Wildman–Crippen MR) is 123 cm³/mol. The van der Waals surface area contributed by atoms with Gasteiger partial charge in [0.15, 0.2) is 5.16 Å². The van der Waals surface area contributed by atoms with Crippen molar-refractivity contribution < 1.29 is 4.79 Å². The lowest BCUT2D eigenvalue weighted by atomic mass is 9.95. The van der Waals surface area contributed by atoms with Crippen LogP contribution in [0.15, 0.2) is 70.0 Å². The van der Waals surface area contributed by atoms with Gasteiger partial charge < -0.3 is 9.88 Å². The number of hydrogen-bond donors (Lipinski definition) is 1. The van der Waals surface area contributed by atoms with Crippen LogP contribution in [0.3, 0.4) is 0 Å². The average Bonchev–Trinajstić information content (AvgIpc) is 3.19. The highest BCUT2D eigenvalue weighted by Crippen LogP contribution is 2.32. The number of thioether (sulfide) groups is 1. The molecule has 8 heteroatoms. The molecule has 0 bridgehead atoms. The van der Waals surface area contributed by atoms with E-state index in [9.17, 15) is 4.79 Å². The molecule has 31 heavy (non-hydrogen) atoms. The minimum absolute atomic E-state index is 0.0699. The van der Waals surface area contributed by atoms with Gasteiger partial charge in [-0.25, -0.2) is 0 Å². The summed E-state index contributed by atoms with van der Waals surface area (Å²) in [7, 11) is 0. The summed E-state index contributed by atoms with van der Waals surface area (Å²) in [5.41, 5.74) is 2.26. The Morgan fingerprint density at radius 1 is 1.00 bits per heavy atom. The van der Waals surface area contributed by atoms with Crippen LogP contribution in [-0.2, 0) is 4.79 Å².